The molecule has 28 heavy (non-hydrogen) atoms. The van der Waals surface area contributed by atoms with E-state index in [2.05, 4.69) is 10.3 Å². The Balaban J connectivity index is 1.50. The average molecular weight is 409 g/mol. The van der Waals surface area contributed by atoms with Crippen LogP contribution in [-0.4, -0.2) is 17.5 Å². The number of nitrogens with zero attached hydrogens (tertiary/aromatic N) is 1. The number of para-hydroxylation sites is 2. The number of hydrogen-bond acceptors (Lipinski definition) is 4. The first-order valence-electron chi connectivity index (χ1n) is 8.74. The molecule has 0 unspecified atom stereocenters. The molecule has 6 heteroatoms. The molecule has 0 atom stereocenters. The molecule has 4 aromatic rings. The number of nitrogens with one attached hydrogen (secondary N) is 1. The van der Waals surface area contributed by atoms with Gasteiger partial charge < -0.3 is 10.1 Å². The molecule has 3 aromatic carbocycles. The van der Waals surface area contributed by atoms with Gasteiger partial charge in [0.25, 0.3) is 5.91 Å². The Hall–Kier alpha value is -2.89. The average Bonchev–Trinajstić information content (AvgIpc) is 3.13. The van der Waals surface area contributed by atoms with Crippen molar-refractivity contribution in [3.8, 4) is 16.3 Å². The molecule has 0 fully saturated rings. The van der Waals surface area contributed by atoms with Crippen LogP contribution in [0.3, 0.4) is 0 Å². The van der Waals surface area contributed by atoms with Crippen LogP contribution in [0.2, 0.25) is 5.02 Å². The van der Waals surface area contributed by atoms with E-state index in [-0.39, 0.29) is 12.5 Å². The van der Waals surface area contributed by atoms with Crippen molar-refractivity contribution in [2.24, 2.45) is 0 Å². The number of carbonyl (C=O) groups excluding carboxylic acids is 1. The third kappa shape index (κ3) is 4.01. The predicted molar refractivity (Wildman–Crippen MR) is 115 cm³/mol. The van der Waals surface area contributed by atoms with Crippen LogP contribution < -0.4 is 10.1 Å². The molecule has 1 aromatic heterocycles. The molecular weight excluding hydrogens is 392 g/mol. The maximum absolute atomic E-state index is 12.3. The third-order valence-electron chi connectivity index (χ3n) is 4.23. The summed E-state index contributed by atoms with van der Waals surface area (Å²) in [6.07, 6.45) is 0. The number of thiazole rings is 1. The van der Waals surface area contributed by atoms with Crippen LogP contribution in [0.1, 0.15) is 5.56 Å². The van der Waals surface area contributed by atoms with Crippen molar-refractivity contribution in [1.82, 2.24) is 4.98 Å². The Morgan fingerprint density at radius 2 is 1.89 bits per heavy atom. The highest BCUT2D eigenvalue weighted by molar-refractivity contribution is 7.21. The number of carbonyl (C=O) groups is 1. The second kappa shape index (κ2) is 8.00. The zero-order valence-corrected chi connectivity index (χ0v) is 16.7. The Morgan fingerprint density at radius 3 is 2.71 bits per heavy atom. The number of aromatic nitrogens is 1. The number of aryl methyl sites for hydroxylation is 1. The van der Waals surface area contributed by atoms with Crippen molar-refractivity contribution >= 4 is 44.7 Å². The highest BCUT2D eigenvalue weighted by atomic mass is 35.5. The van der Waals surface area contributed by atoms with Crippen LogP contribution in [-0.2, 0) is 4.79 Å². The van der Waals surface area contributed by atoms with Crippen LogP contribution in [0.25, 0.3) is 20.8 Å². The smallest absolute Gasteiger partial charge is 0.262 e. The summed E-state index contributed by atoms with van der Waals surface area (Å²) in [5.41, 5.74) is 3.36. The summed E-state index contributed by atoms with van der Waals surface area (Å²) in [6.45, 7) is 1.88. The topological polar surface area (TPSA) is 51.2 Å². The second-order valence-corrected chi connectivity index (χ2v) is 7.72. The molecule has 4 rings (SSSR count). The third-order valence-corrected chi connectivity index (χ3v) is 5.63. The van der Waals surface area contributed by atoms with E-state index in [0.29, 0.717) is 16.5 Å². The Morgan fingerprint density at radius 1 is 1.11 bits per heavy atom. The molecule has 1 heterocycles. The minimum absolute atomic E-state index is 0.0655. The van der Waals surface area contributed by atoms with Crippen molar-refractivity contribution in [2.75, 3.05) is 11.9 Å². The lowest BCUT2D eigenvalue weighted by atomic mass is 10.2. The van der Waals surface area contributed by atoms with E-state index in [1.54, 1.807) is 23.5 Å². The SMILES string of the molecule is Cc1ccccc1OCC(=O)Nc1ccc(Cl)c(-c2nc3ccccc3s2)c1. The lowest BCUT2D eigenvalue weighted by Crippen LogP contribution is -2.20. The van der Waals surface area contributed by atoms with Crippen LogP contribution in [0.4, 0.5) is 5.69 Å². The molecule has 1 amide bonds. The van der Waals surface area contributed by atoms with Gasteiger partial charge in [-0.25, -0.2) is 4.98 Å². The van der Waals surface area contributed by atoms with Crippen molar-refractivity contribution in [3.05, 3.63) is 77.3 Å². The largest absolute Gasteiger partial charge is 0.483 e. The van der Waals surface area contributed by atoms with Crippen molar-refractivity contribution in [3.63, 3.8) is 0 Å². The zero-order chi connectivity index (χ0) is 19.5. The van der Waals surface area contributed by atoms with Gasteiger partial charge in [-0.2, -0.15) is 0 Å². The van der Waals surface area contributed by atoms with Gasteiger partial charge in [0.2, 0.25) is 0 Å². The van der Waals surface area contributed by atoms with Crippen LogP contribution in [0.5, 0.6) is 5.75 Å². The highest BCUT2D eigenvalue weighted by Gasteiger charge is 2.12. The van der Waals surface area contributed by atoms with E-state index in [1.807, 2.05) is 61.5 Å². The van der Waals surface area contributed by atoms with Gasteiger partial charge >= 0.3 is 0 Å². The summed E-state index contributed by atoms with van der Waals surface area (Å²) in [4.78, 5) is 16.9. The molecule has 4 nitrogen and oxygen atoms in total. The predicted octanol–water partition coefficient (Wildman–Crippen LogP) is 5.94. The standard InChI is InChI=1S/C22H17ClN2O2S/c1-14-6-2-4-8-19(14)27-13-21(26)24-15-10-11-17(23)16(12-15)22-25-18-7-3-5-9-20(18)28-22/h2-12H,13H2,1H3,(H,24,26). The molecule has 0 saturated carbocycles. The number of amides is 1. The Bertz CT molecular complexity index is 1120. The number of anilines is 1. The second-order valence-electron chi connectivity index (χ2n) is 6.28. The number of ether oxygens (including phenoxy) is 1. The van der Waals surface area contributed by atoms with Crippen molar-refractivity contribution < 1.29 is 9.53 Å². The summed E-state index contributed by atoms with van der Waals surface area (Å²) in [7, 11) is 0. The van der Waals surface area contributed by atoms with Gasteiger partial charge in [0, 0.05) is 11.3 Å². The van der Waals surface area contributed by atoms with Crippen LogP contribution in [0, 0.1) is 6.92 Å². The van der Waals surface area contributed by atoms with Gasteiger partial charge in [-0.15, -0.1) is 11.3 Å². The number of hydrogen-bond donors (Lipinski definition) is 1. The maximum Gasteiger partial charge on any atom is 0.262 e. The number of fused-ring (bicyclic) bond motifs is 1. The quantitative estimate of drug-likeness (QED) is 0.444. The summed E-state index contributed by atoms with van der Waals surface area (Å²) in [5, 5.41) is 4.27. The van der Waals surface area contributed by atoms with Gasteiger partial charge in [0.1, 0.15) is 10.8 Å². The molecule has 0 bridgehead atoms. The van der Waals surface area contributed by atoms with Crippen molar-refractivity contribution in [2.45, 2.75) is 6.92 Å². The normalized spacial score (nSPS) is 10.8. The van der Waals surface area contributed by atoms with E-state index < -0.39 is 0 Å². The summed E-state index contributed by atoms with van der Waals surface area (Å²) >= 11 is 7.95. The van der Waals surface area contributed by atoms with Gasteiger partial charge in [0.15, 0.2) is 6.61 Å². The minimum Gasteiger partial charge on any atom is -0.483 e. The molecule has 0 aliphatic rings. The first kappa shape index (κ1) is 18.5. The minimum atomic E-state index is -0.235. The van der Waals surface area contributed by atoms with Gasteiger partial charge in [-0.05, 0) is 48.9 Å². The number of halogens is 1. The Labute approximate surface area is 171 Å². The Kier molecular flexibility index (Phi) is 5.28. The van der Waals surface area contributed by atoms with E-state index >= 15 is 0 Å². The summed E-state index contributed by atoms with van der Waals surface area (Å²) in [5.74, 6) is 0.463. The lowest BCUT2D eigenvalue weighted by molar-refractivity contribution is -0.118. The van der Waals surface area contributed by atoms with Crippen molar-refractivity contribution in [1.29, 1.82) is 0 Å². The van der Waals surface area contributed by atoms with Crippen LogP contribution in [0.15, 0.2) is 66.7 Å². The molecule has 1 N–H and O–H groups in total. The fourth-order valence-corrected chi connectivity index (χ4v) is 4.07. The van der Waals surface area contributed by atoms with E-state index in [0.717, 1.165) is 26.4 Å². The molecule has 0 saturated heterocycles. The molecule has 0 radical (unpaired) electrons. The first-order chi connectivity index (χ1) is 13.6. The molecule has 140 valence electrons. The van der Waals surface area contributed by atoms with Gasteiger partial charge in [0.05, 0.1) is 15.2 Å². The molecule has 0 aliphatic carbocycles. The molecule has 0 aliphatic heterocycles. The summed E-state index contributed by atoms with van der Waals surface area (Å²) < 4.78 is 6.69. The fourth-order valence-electron chi connectivity index (χ4n) is 2.81. The summed E-state index contributed by atoms with van der Waals surface area (Å²) in [6, 6.07) is 20.9. The molecular formula is C22H17ClN2O2S. The van der Waals surface area contributed by atoms with Crippen LogP contribution >= 0.6 is 22.9 Å². The zero-order valence-electron chi connectivity index (χ0n) is 15.1. The highest BCUT2D eigenvalue weighted by Crippen LogP contribution is 2.35. The lowest BCUT2D eigenvalue weighted by Gasteiger charge is -2.10. The van der Waals surface area contributed by atoms with Gasteiger partial charge in [-0.1, -0.05) is 41.9 Å². The van der Waals surface area contributed by atoms with E-state index in [9.17, 15) is 4.79 Å². The van der Waals surface area contributed by atoms with E-state index in [1.165, 1.54) is 0 Å². The maximum atomic E-state index is 12.3. The fraction of sp³-hybridized carbons (Fsp3) is 0.0909. The monoisotopic (exact) mass is 408 g/mol. The first-order valence-corrected chi connectivity index (χ1v) is 9.93. The molecule has 0 spiro atoms. The number of benzene rings is 3. The van der Waals surface area contributed by atoms with E-state index in [4.69, 9.17) is 16.3 Å². The number of rotatable bonds is 5. The van der Waals surface area contributed by atoms with Gasteiger partial charge in [-0.3, -0.25) is 4.79 Å².